The number of imide groups is 1. The molecular weight excluding hydrogens is 399 g/mol. The van der Waals surface area contributed by atoms with Gasteiger partial charge in [0.25, 0.3) is 11.6 Å². The summed E-state index contributed by atoms with van der Waals surface area (Å²) >= 11 is 0. The number of nitrogens with one attached hydrogen (secondary N) is 2. The molecule has 0 aromatic heterocycles. The van der Waals surface area contributed by atoms with Gasteiger partial charge in [0, 0.05) is 6.42 Å². The normalized spacial score (nSPS) is 22.9. The number of anilines is 1. The fourth-order valence-corrected chi connectivity index (χ4v) is 4.24. The molecule has 9 heteroatoms. The SMILES string of the molecule is Cc1ccc(N2C(=O)N[C@](NC(=O)CCC3CCCCC3)(C(F)(F)F)C2=O)c(C)c1. The Morgan fingerprint density at radius 1 is 1.20 bits per heavy atom. The van der Waals surface area contributed by atoms with Gasteiger partial charge in [-0.3, -0.25) is 14.9 Å². The first kappa shape index (κ1) is 22.1. The van der Waals surface area contributed by atoms with Gasteiger partial charge in [-0.1, -0.05) is 49.8 Å². The van der Waals surface area contributed by atoms with Gasteiger partial charge in [0.1, 0.15) is 0 Å². The molecule has 1 atom stereocenters. The van der Waals surface area contributed by atoms with Crippen molar-refractivity contribution in [3.63, 3.8) is 0 Å². The average molecular weight is 425 g/mol. The smallest absolute Gasteiger partial charge is 0.318 e. The number of hydrogen-bond acceptors (Lipinski definition) is 3. The predicted octanol–water partition coefficient (Wildman–Crippen LogP) is 4.09. The maximum Gasteiger partial charge on any atom is 0.440 e. The molecule has 1 saturated heterocycles. The lowest BCUT2D eigenvalue weighted by molar-refractivity contribution is -0.201. The Balaban J connectivity index is 1.81. The average Bonchev–Trinajstić information content (AvgIpc) is 2.92. The number of rotatable bonds is 5. The van der Waals surface area contributed by atoms with Crippen LogP contribution >= 0.6 is 0 Å². The van der Waals surface area contributed by atoms with E-state index in [4.69, 9.17) is 0 Å². The molecule has 2 N–H and O–H groups in total. The van der Waals surface area contributed by atoms with Crippen molar-refractivity contribution in [2.24, 2.45) is 5.92 Å². The minimum Gasteiger partial charge on any atom is -0.318 e. The van der Waals surface area contributed by atoms with Gasteiger partial charge in [-0.25, -0.2) is 9.69 Å². The number of urea groups is 1. The van der Waals surface area contributed by atoms with Crippen molar-refractivity contribution in [1.29, 1.82) is 0 Å². The van der Waals surface area contributed by atoms with Crippen molar-refractivity contribution in [1.82, 2.24) is 10.6 Å². The summed E-state index contributed by atoms with van der Waals surface area (Å²) in [5, 5.41) is 3.49. The molecule has 0 radical (unpaired) electrons. The van der Waals surface area contributed by atoms with Crippen LogP contribution < -0.4 is 15.5 Å². The minimum atomic E-state index is -5.20. The number of halogens is 3. The zero-order chi connectivity index (χ0) is 22.1. The van der Waals surface area contributed by atoms with Crippen LogP contribution in [0, 0.1) is 19.8 Å². The largest absolute Gasteiger partial charge is 0.440 e. The summed E-state index contributed by atoms with van der Waals surface area (Å²) in [4.78, 5) is 38.1. The molecule has 0 spiro atoms. The van der Waals surface area contributed by atoms with E-state index in [1.165, 1.54) is 6.07 Å². The van der Waals surface area contributed by atoms with Crippen LogP contribution in [-0.2, 0) is 9.59 Å². The summed E-state index contributed by atoms with van der Waals surface area (Å²) in [6, 6.07) is 3.45. The lowest BCUT2D eigenvalue weighted by Crippen LogP contribution is -2.69. The van der Waals surface area contributed by atoms with Gasteiger partial charge >= 0.3 is 12.2 Å². The summed E-state index contributed by atoms with van der Waals surface area (Å²) < 4.78 is 41.9. The minimum absolute atomic E-state index is 0.0469. The van der Waals surface area contributed by atoms with Crippen LogP contribution in [0.25, 0.3) is 0 Å². The number of aryl methyl sites for hydroxylation is 2. The Hall–Kier alpha value is -2.58. The number of benzene rings is 1. The lowest BCUT2D eigenvalue weighted by Gasteiger charge is -2.30. The van der Waals surface area contributed by atoms with E-state index >= 15 is 0 Å². The molecule has 6 nitrogen and oxygen atoms in total. The Bertz CT molecular complexity index is 850. The first-order chi connectivity index (χ1) is 14.0. The number of carbonyl (C=O) groups is 3. The van der Waals surface area contributed by atoms with E-state index in [2.05, 4.69) is 0 Å². The third-order valence-electron chi connectivity index (χ3n) is 5.87. The topological polar surface area (TPSA) is 78.5 Å². The van der Waals surface area contributed by atoms with Gasteiger partial charge in [-0.05, 0) is 37.8 Å². The van der Waals surface area contributed by atoms with Crippen molar-refractivity contribution in [2.75, 3.05) is 4.90 Å². The molecule has 164 valence electrons. The van der Waals surface area contributed by atoms with Crippen molar-refractivity contribution >= 4 is 23.5 Å². The van der Waals surface area contributed by atoms with Crippen molar-refractivity contribution in [2.45, 2.75) is 70.6 Å². The fraction of sp³-hybridized carbons (Fsp3) is 0.571. The number of amides is 4. The molecular formula is C21H26F3N3O3. The van der Waals surface area contributed by atoms with Crippen LogP contribution in [0.15, 0.2) is 18.2 Å². The first-order valence-electron chi connectivity index (χ1n) is 10.2. The Morgan fingerprint density at radius 2 is 1.87 bits per heavy atom. The third kappa shape index (κ3) is 4.15. The fourth-order valence-electron chi connectivity index (χ4n) is 4.24. The van der Waals surface area contributed by atoms with Crippen molar-refractivity contribution in [3.05, 3.63) is 29.3 Å². The zero-order valence-corrected chi connectivity index (χ0v) is 17.1. The highest BCUT2D eigenvalue weighted by molar-refractivity contribution is 6.24. The molecule has 2 aliphatic rings. The Kier molecular flexibility index (Phi) is 6.10. The predicted molar refractivity (Wildman–Crippen MR) is 105 cm³/mol. The molecule has 1 aliphatic heterocycles. The molecule has 1 saturated carbocycles. The van der Waals surface area contributed by atoms with Crippen molar-refractivity contribution in [3.8, 4) is 0 Å². The maximum atomic E-state index is 14.0. The second kappa shape index (κ2) is 8.28. The maximum absolute atomic E-state index is 14.0. The second-order valence-corrected chi connectivity index (χ2v) is 8.20. The zero-order valence-electron chi connectivity index (χ0n) is 17.1. The quantitative estimate of drug-likeness (QED) is 0.698. The van der Waals surface area contributed by atoms with Gasteiger partial charge < -0.3 is 5.32 Å². The monoisotopic (exact) mass is 425 g/mol. The summed E-state index contributed by atoms with van der Waals surface area (Å²) in [6.45, 7) is 3.38. The summed E-state index contributed by atoms with van der Waals surface area (Å²) in [5.41, 5.74) is -2.11. The van der Waals surface area contributed by atoms with Gasteiger partial charge in [-0.2, -0.15) is 13.2 Å². The highest BCUT2D eigenvalue weighted by Crippen LogP contribution is 2.37. The first-order valence-corrected chi connectivity index (χ1v) is 10.2. The van der Waals surface area contributed by atoms with Crippen LogP contribution in [0.4, 0.5) is 23.7 Å². The van der Waals surface area contributed by atoms with E-state index in [0.717, 1.165) is 37.7 Å². The third-order valence-corrected chi connectivity index (χ3v) is 5.87. The van der Waals surface area contributed by atoms with Gasteiger partial charge in [0.05, 0.1) is 5.69 Å². The molecule has 0 unspecified atom stereocenters. The standard InChI is InChI=1S/C21H26F3N3O3/c1-13-8-10-16(14(2)12-13)27-18(29)20(21(22,23)24,26-19(27)30)25-17(28)11-9-15-6-4-3-5-7-15/h8,10,12,15H,3-7,9,11H2,1-2H3,(H,25,28)(H,26,30)/t20-/m0/s1. The van der Waals surface area contributed by atoms with E-state index in [-0.39, 0.29) is 12.1 Å². The van der Waals surface area contributed by atoms with E-state index < -0.39 is 29.7 Å². The number of nitrogens with zero attached hydrogens (tertiary/aromatic N) is 1. The molecule has 1 aliphatic carbocycles. The van der Waals surface area contributed by atoms with Crippen LogP contribution in [0.3, 0.4) is 0 Å². The summed E-state index contributed by atoms with van der Waals surface area (Å²) in [7, 11) is 0. The van der Waals surface area contributed by atoms with Crippen LogP contribution in [0.2, 0.25) is 0 Å². The number of alkyl halides is 3. The molecule has 3 rings (SSSR count). The summed E-state index contributed by atoms with van der Waals surface area (Å²) in [6.07, 6.45) is 0.276. The highest BCUT2D eigenvalue weighted by Gasteiger charge is 2.69. The van der Waals surface area contributed by atoms with Gasteiger partial charge in [-0.15, -0.1) is 0 Å². The van der Waals surface area contributed by atoms with Crippen LogP contribution in [0.1, 0.15) is 56.1 Å². The molecule has 1 aromatic rings. The second-order valence-electron chi connectivity index (χ2n) is 8.20. The molecule has 0 bridgehead atoms. The van der Waals surface area contributed by atoms with E-state index in [0.29, 0.717) is 22.8 Å². The van der Waals surface area contributed by atoms with Gasteiger partial charge in [0.15, 0.2) is 0 Å². The number of carbonyl (C=O) groups excluding carboxylic acids is 3. The lowest BCUT2D eigenvalue weighted by atomic mass is 9.86. The van der Waals surface area contributed by atoms with E-state index in [1.54, 1.807) is 36.6 Å². The van der Waals surface area contributed by atoms with Crippen LogP contribution in [-0.4, -0.2) is 29.7 Å². The Morgan fingerprint density at radius 3 is 2.47 bits per heavy atom. The molecule has 30 heavy (non-hydrogen) atoms. The molecule has 1 heterocycles. The molecule has 2 fully saturated rings. The summed E-state index contributed by atoms with van der Waals surface area (Å²) in [5.74, 6) is -2.17. The Labute approximate surface area is 173 Å². The van der Waals surface area contributed by atoms with Crippen molar-refractivity contribution < 1.29 is 27.6 Å². The van der Waals surface area contributed by atoms with E-state index in [9.17, 15) is 27.6 Å². The van der Waals surface area contributed by atoms with Crippen LogP contribution in [0.5, 0.6) is 0 Å². The highest BCUT2D eigenvalue weighted by atomic mass is 19.4. The number of hydrogen-bond donors (Lipinski definition) is 2. The molecule has 4 amide bonds. The van der Waals surface area contributed by atoms with E-state index in [1.807, 2.05) is 0 Å². The van der Waals surface area contributed by atoms with Gasteiger partial charge in [0.2, 0.25) is 5.91 Å². The molecule has 1 aromatic carbocycles.